The summed E-state index contributed by atoms with van der Waals surface area (Å²) >= 11 is 0. The number of rotatable bonds is 7. The van der Waals surface area contributed by atoms with Crippen molar-refractivity contribution in [2.75, 3.05) is 26.5 Å². The lowest BCUT2D eigenvalue weighted by Crippen LogP contribution is -2.49. The summed E-state index contributed by atoms with van der Waals surface area (Å²) in [6.07, 6.45) is 3.01. The average molecular weight is 286 g/mol. The number of carbonyl (C=O) groups excluding carboxylic acids is 2. The molecule has 0 radical (unpaired) electrons. The number of unbranched alkanes of at least 4 members (excludes halogenated alkanes) is 2. The molecule has 1 aliphatic heterocycles. The molecule has 116 valence electrons. The van der Waals surface area contributed by atoms with Gasteiger partial charge in [0.15, 0.2) is 0 Å². The molecule has 1 saturated heterocycles. The van der Waals surface area contributed by atoms with E-state index in [2.05, 4.69) is 5.32 Å². The van der Waals surface area contributed by atoms with Gasteiger partial charge in [0.1, 0.15) is 6.73 Å². The number of carbonyl (C=O) groups is 2. The summed E-state index contributed by atoms with van der Waals surface area (Å²) in [4.78, 5) is 24.8. The lowest BCUT2D eigenvalue weighted by molar-refractivity contribution is -0.143. The number of ether oxygens (including phenoxy) is 2. The Bertz CT molecular complexity index is 331. The highest BCUT2D eigenvalue weighted by molar-refractivity contribution is 5.75. The summed E-state index contributed by atoms with van der Waals surface area (Å²) in [5.74, 6) is -0.146. The third-order valence-corrected chi connectivity index (χ3v) is 3.29. The number of nitrogens with one attached hydrogen (secondary N) is 1. The van der Waals surface area contributed by atoms with E-state index in [-0.39, 0.29) is 17.5 Å². The maximum absolute atomic E-state index is 11.9. The molecule has 0 unspecified atom stereocenters. The van der Waals surface area contributed by atoms with Gasteiger partial charge in [0.25, 0.3) is 0 Å². The van der Waals surface area contributed by atoms with Crippen molar-refractivity contribution in [3.8, 4) is 0 Å². The van der Waals surface area contributed by atoms with E-state index >= 15 is 0 Å². The van der Waals surface area contributed by atoms with Gasteiger partial charge in [-0.3, -0.25) is 9.69 Å². The first kappa shape index (κ1) is 16.8. The van der Waals surface area contributed by atoms with Crippen LogP contribution in [0.3, 0.4) is 0 Å². The molecule has 1 N–H and O–H groups in total. The molecule has 1 fully saturated rings. The van der Waals surface area contributed by atoms with Crippen LogP contribution in [0.5, 0.6) is 0 Å². The zero-order chi connectivity index (χ0) is 15.0. The van der Waals surface area contributed by atoms with Crippen molar-refractivity contribution in [1.82, 2.24) is 10.2 Å². The van der Waals surface area contributed by atoms with Gasteiger partial charge in [-0.15, -0.1) is 0 Å². The third-order valence-electron chi connectivity index (χ3n) is 3.29. The monoisotopic (exact) mass is 286 g/mol. The van der Waals surface area contributed by atoms with E-state index in [1.165, 1.54) is 0 Å². The van der Waals surface area contributed by atoms with Gasteiger partial charge in [0.2, 0.25) is 0 Å². The Balaban J connectivity index is 2.07. The van der Waals surface area contributed by atoms with Crippen molar-refractivity contribution < 1.29 is 19.1 Å². The molecule has 0 bridgehead atoms. The Kier molecular flexibility index (Phi) is 6.78. The molecule has 0 aromatic heterocycles. The van der Waals surface area contributed by atoms with Crippen LogP contribution in [0.1, 0.15) is 46.5 Å². The van der Waals surface area contributed by atoms with Gasteiger partial charge in [0, 0.05) is 13.0 Å². The van der Waals surface area contributed by atoms with E-state index in [0.717, 1.165) is 19.3 Å². The van der Waals surface area contributed by atoms with Crippen molar-refractivity contribution in [3.63, 3.8) is 0 Å². The fraction of sp³-hybridized carbons (Fsp3) is 0.857. The molecule has 6 heteroatoms. The summed E-state index contributed by atoms with van der Waals surface area (Å²) < 4.78 is 10.1. The van der Waals surface area contributed by atoms with Crippen LogP contribution in [0.15, 0.2) is 0 Å². The maximum Gasteiger partial charge on any atom is 0.319 e. The van der Waals surface area contributed by atoms with E-state index in [0.29, 0.717) is 32.9 Å². The maximum atomic E-state index is 11.9. The largest absolute Gasteiger partial charge is 0.466 e. The summed E-state index contributed by atoms with van der Waals surface area (Å²) in [7, 11) is 0. The second-order valence-electron chi connectivity index (χ2n) is 5.57. The first-order chi connectivity index (χ1) is 9.47. The van der Waals surface area contributed by atoms with Gasteiger partial charge in [-0.25, -0.2) is 4.79 Å². The normalized spacial score (nSPS) is 17.1. The molecule has 0 aliphatic carbocycles. The topological polar surface area (TPSA) is 67.9 Å². The first-order valence-electron chi connectivity index (χ1n) is 7.26. The zero-order valence-corrected chi connectivity index (χ0v) is 12.7. The van der Waals surface area contributed by atoms with Gasteiger partial charge in [-0.1, -0.05) is 6.42 Å². The van der Waals surface area contributed by atoms with E-state index in [1.807, 2.05) is 13.8 Å². The predicted octanol–water partition coefficient (Wildman–Crippen LogP) is 1.89. The zero-order valence-electron chi connectivity index (χ0n) is 12.7. The Morgan fingerprint density at radius 2 is 2.05 bits per heavy atom. The van der Waals surface area contributed by atoms with E-state index in [4.69, 9.17) is 9.47 Å². The Morgan fingerprint density at radius 1 is 1.30 bits per heavy atom. The van der Waals surface area contributed by atoms with Crippen molar-refractivity contribution in [2.45, 2.75) is 52.0 Å². The number of nitrogens with zero attached hydrogens (tertiary/aromatic N) is 1. The molecule has 1 rings (SSSR count). The quantitative estimate of drug-likeness (QED) is 0.573. The van der Waals surface area contributed by atoms with Gasteiger partial charge >= 0.3 is 12.0 Å². The van der Waals surface area contributed by atoms with Gasteiger partial charge in [0.05, 0.1) is 18.8 Å². The molecule has 0 aromatic rings. The second kappa shape index (κ2) is 8.09. The minimum Gasteiger partial charge on any atom is -0.466 e. The Morgan fingerprint density at radius 3 is 2.65 bits per heavy atom. The van der Waals surface area contributed by atoms with E-state index < -0.39 is 0 Å². The van der Waals surface area contributed by atoms with Crippen LogP contribution in [0.4, 0.5) is 4.79 Å². The highest BCUT2D eigenvalue weighted by Crippen LogP contribution is 2.20. The van der Waals surface area contributed by atoms with Crippen molar-refractivity contribution in [1.29, 1.82) is 0 Å². The molecule has 20 heavy (non-hydrogen) atoms. The molecule has 0 atom stereocenters. The smallest absolute Gasteiger partial charge is 0.319 e. The van der Waals surface area contributed by atoms with Crippen LogP contribution in [0.2, 0.25) is 0 Å². The molecule has 2 amide bonds. The van der Waals surface area contributed by atoms with Crippen molar-refractivity contribution in [3.05, 3.63) is 0 Å². The third kappa shape index (κ3) is 5.36. The average Bonchev–Trinajstić information content (AvgIpc) is 2.73. The van der Waals surface area contributed by atoms with Crippen LogP contribution in [0.25, 0.3) is 0 Å². The standard InChI is InChI=1S/C14H26N2O4/c1-4-20-12(17)8-6-5-7-9-15-13(18)16-11-19-10-14(16,2)3/h4-11H2,1-3H3,(H,15,18). The summed E-state index contributed by atoms with van der Waals surface area (Å²) in [6.45, 7) is 7.74. The van der Waals surface area contributed by atoms with Crippen molar-refractivity contribution >= 4 is 12.0 Å². The van der Waals surface area contributed by atoms with Crippen LogP contribution >= 0.6 is 0 Å². The Labute approximate surface area is 120 Å². The summed E-state index contributed by atoms with van der Waals surface area (Å²) in [5.41, 5.74) is -0.242. The first-order valence-corrected chi connectivity index (χ1v) is 7.26. The fourth-order valence-corrected chi connectivity index (χ4v) is 2.07. The molecule has 1 heterocycles. The SMILES string of the molecule is CCOC(=O)CCCCCNC(=O)N1COCC1(C)C. The number of hydrogen-bond acceptors (Lipinski definition) is 4. The Hall–Kier alpha value is -1.30. The lowest BCUT2D eigenvalue weighted by Gasteiger charge is -2.29. The molecule has 0 saturated carbocycles. The fourth-order valence-electron chi connectivity index (χ4n) is 2.07. The second-order valence-corrected chi connectivity index (χ2v) is 5.57. The van der Waals surface area contributed by atoms with Crippen LogP contribution in [-0.2, 0) is 14.3 Å². The highest BCUT2D eigenvalue weighted by atomic mass is 16.5. The van der Waals surface area contributed by atoms with Crippen molar-refractivity contribution in [2.24, 2.45) is 0 Å². The predicted molar refractivity (Wildman–Crippen MR) is 75.2 cm³/mol. The molecule has 1 aliphatic rings. The van der Waals surface area contributed by atoms with E-state index in [1.54, 1.807) is 11.8 Å². The summed E-state index contributed by atoms with van der Waals surface area (Å²) in [5, 5.41) is 2.88. The lowest BCUT2D eigenvalue weighted by atomic mass is 10.1. The van der Waals surface area contributed by atoms with Crippen LogP contribution in [0, 0.1) is 0 Å². The summed E-state index contributed by atoms with van der Waals surface area (Å²) in [6, 6.07) is -0.0853. The highest BCUT2D eigenvalue weighted by Gasteiger charge is 2.36. The van der Waals surface area contributed by atoms with Gasteiger partial charge in [-0.2, -0.15) is 0 Å². The van der Waals surface area contributed by atoms with E-state index in [9.17, 15) is 9.59 Å². The molecule has 0 aromatic carbocycles. The molecular weight excluding hydrogens is 260 g/mol. The number of esters is 1. The minimum atomic E-state index is -0.242. The molecule has 6 nitrogen and oxygen atoms in total. The number of amides is 2. The number of hydrogen-bond donors (Lipinski definition) is 1. The molecule has 0 spiro atoms. The molecular formula is C14H26N2O4. The minimum absolute atomic E-state index is 0.0853. The number of urea groups is 1. The van der Waals surface area contributed by atoms with Crippen LogP contribution < -0.4 is 5.32 Å². The van der Waals surface area contributed by atoms with Gasteiger partial charge < -0.3 is 14.8 Å². The van der Waals surface area contributed by atoms with Gasteiger partial charge in [-0.05, 0) is 33.6 Å². The van der Waals surface area contributed by atoms with Crippen LogP contribution in [-0.4, -0.2) is 48.9 Å².